The molecule has 0 spiro atoms. The molecule has 0 saturated heterocycles. The third kappa shape index (κ3) is 1.03. The summed E-state index contributed by atoms with van der Waals surface area (Å²) in [7, 11) is 0. The van der Waals surface area contributed by atoms with Crippen molar-refractivity contribution in [3.63, 3.8) is 0 Å². The molecule has 0 heterocycles. The molecule has 1 unspecified atom stereocenters. The van der Waals surface area contributed by atoms with Crippen LogP contribution in [-0.2, 0) is 0 Å². The molecule has 0 fully saturated rings. The molecule has 0 saturated carbocycles. The summed E-state index contributed by atoms with van der Waals surface area (Å²) in [6, 6.07) is 4.80. The number of rotatable bonds is 1. The molecule has 70 valence electrons. The van der Waals surface area contributed by atoms with Crippen LogP contribution in [0.3, 0.4) is 0 Å². The van der Waals surface area contributed by atoms with Crippen LogP contribution in [-0.4, -0.2) is 22.8 Å². The van der Waals surface area contributed by atoms with E-state index >= 15 is 0 Å². The molecule has 14 heavy (non-hydrogen) atoms. The molecule has 0 amide bonds. The van der Waals surface area contributed by atoms with Crippen LogP contribution >= 0.6 is 0 Å². The Morgan fingerprint density at radius 2 is 1.86 bits per heavy atom. The van der Waals surface area contributed by atoms with Crippen molar-refractivity contribution in [3.05, 3.63) is 41.5 Å². The minimum atomic E-state index is -1.51. The van der Waals surface area contributed by atoms with Gasteiger partial charge in [0.2, 0.25) is 0 Å². The van der Waals surface area contributed by atoms with E-state index in [2.05, 4.69) is 6.58 Å². The second-order valence-electron chi connectivity index (χ2n) is 3.14. The number of hydrogen-bond donors (Lipinski definition) is 1. The van der Waals surface area contributed by atoms with E-state index in [-0.39, 0.29) is 0 Å². The molecule has 1 atom stereocenters. The number of fused-ring (bicyclic) bond motifs is 1. The highest BCUT2D eigenvalue weighted by Crippen LogP contribution is 2.23. The number of Topliss-reactive ketones (excluding diaryl/α,β-unsaturated/α-hetero) is 2. The maximum absolute atomic E-state index is 11.4. The minimum absolute atomic E-state index is 0.292. The van der Waals surface area contributed by atoms with E-state index in [1.54, 1.807) is 24.3 Å². The number of benzene rings is 1. The lowest BCUT2D eigenvalue weighted by Crippen LogP contribution is -2.20. The van der Waals surface area contributed by atoms with E-state index in [4.69, 9.17) is 0 Å². The van der Waals surface area contributed by atoms with Crippen LogP contribution in [0, 0.1) is 0 Å². The van der Waals surface area contributed by atoms with Crippen LogP contribution in [0.25, 0.3) is 6.08 Å². The van der Waals surface area contributed by atoms with Crippen LogP contribution < -0.4 is 0 Å². The average molecular weight is 188 g/mol. The molecular weight excluding hydrogens is 180 g/mol. The normalized spacial score (nSPS) is 19.6. The minimum Gasteiger partial charge on any atom is -0.377 e. The van der Waals surface area contributed by atoms with Gasteiger partial charge in [0.1, 0.15) is 0 Å². The van der Waals surface area contributed by atoms with Gasteiger partial charge in [0.15, 0.2) is 17.7 Å². The van der Waals surface area contributed by atoms with Crippen molar-refractivity contribution in [2.24, 2.45) is 0 Å². The standard InChI is InChI=1S/C11H8O3/c1-2-6-3-4-7-8(5-6)10(13)11(14)9(7)12/h2-5,11,14H,1H2. The first-order chi connectivity index (χ1) is 6.65. The highest BCUT2D eigenvalue weighted by Gasteiger charge is 2.36. The fourth-order valence-electron chi connectivity index (χ4n) is 1.52. The van der Waals surface area contributed by atoms with Crippen molar-refractivity contribution in [1.29, 1.82) is 0 Å². The van der Waals surface area contributed by atoms with Crippen molar-refractivity contribution < 1.29 is 14.7 Å². The van der Waals surface area contributed by atoms with Crippen molar-refractivity contribution in [2.45, 2.75) is 6.10 Å². The lowest BCUT2D eigenvalue weighted by Gasteiger charge is -1.96. The topological polar surface area (TPSA) is 54.4 Å². The van der Waals surface area contributed by atoms with Crippen LogP contribution in [0.1, 0.15) is 26.3 Å². The molecule has 3 nitrogen and oxygen atoms in total. The predicted octanol–water partition coefficient (Wildman–Crippen LogP) is 1.07. The number of carbonyl (C=O) groups excluding carboxylic acids is 2. The van der Waals surface area contributed by atoms with Crippen molar-refractivity contribution in [3.8, 4) is 0 Å². The second kappa shape index (κ2) is 2.89. The lowest BCUT2D eigenvalue weighted by molar-refractivity contribution is 0.0663. The largest absolute Gasteiger partial charge is 0.377 e. The van der Waals surface area contributed by atoms with Crippen molar-refractivity contribution in [1.82, 2.24) is 0 Å². The molecule has 1 aromatic carbocycles. The first kappa shape index (κ1) is 8.84. The van der Waals surface area contributed by atoms with Gasteiger partial charge in [0, 0.05) is 11.1 Å². The number of ketones is 2. The van der Waals surface area contributed by atoms with Gasteiger partial charge in [0.25, 0.3) is 0 Å². The van der Waals surface area contributed by atoms with Gasteiger partial charge in [-0.2, -0.15) is 0 Å². The Balaban J connectivity index is 2.64. The second-order valence-corrected chi connectivity index (χ2v) is 3.14. The molecule has 1 aliphatic carbocycles. The van der Waals surface area contributed by atoms with Gasteiger partial charge in [-0.25, -0.2) is 0 Å². The molecule has 2 rings (SSSR count). The zero-order valence-electron chi connectivity index (χ0n) is 7.36. The maximum Gasteiger partial charge on any atom is 0.200 e. The summed E-state index contributed by atoms with van der Waals surface area (Å²) >= 11 is 0. The molecule has 1 aliphatic rings. The monoisotopic (exact) mass is 188 g/mol. The molecule has 1 N–H and O–H groups in total. The van der Waals surface area contributed by atoms with E-state index in [0.717, 1.165) is 5.56 Å². The summed E-state index contributed by atoms with van der Waals surface area (Å²) in [6.45, 7) is 3.56. The maximum atomic E-state index is 11.4. The summed E-state index contributed by atoms with van der Waals surface area (Å²) in [5, 5.41) is 9.23. The van der Waals surface area contributed by atoms with E-state index in [9.17, 15) is 14.7 Å². The average Bonchev–Trinajstić information content (AvgIpc) is 2.44. The van der Waals surface area contributed by atoms with Gasteiger partial charge in [-0.05, 0) is 17.7 Å². The Hall–Kier alpha value is -1.74. The summed E-state index contributed by atoms with van der Waals surface area (Å²) in [5.74, 6) is -1.03. The molecular formula is C11H8O3. The summed E-state index contributed by atoms with van der Waals surface area (Å²) in [4.78, 5) is 22.7. The fraction of sp³-hybridized carbons (Fsp3) is 0.0909. The van der Waals surface area contributed by atoms with E-state index in [1.165, 1.54) is 0 Å². The third-order valence-corrected chi connectivity index (χ3v) is 2.31. The smallest absolute Gasteiger partial charge is 0.200 e. The summed E-state index contributed by atoms with van der Waals surface area (Å²) in [5.41, 5.74) is 1.35. The van der Waals surface area contributed by atoms with Gasteiger partial charge in [-0.15, -0.1) is 0 Å². The highest BCUT2D eigenvalue weighted by molar-refractivity contribution is 6.28. The zero-order chi connectivity index (χ0) is 10.3. The SMILES string of the molecule is C=Cc1ccc2c(c1)C(=O)C(O)C2=O. The Kier molecular flexibility index (Phi) is 1.82. The Labute approximate surface area is 80.7 Å². The van der Waals surface area contributed by atoms with Gasteiger partial charge in [-0.1, -0.05) is 18.7 Å². The van der Waals surface area contributed by atoms with Crippen LogP contribution in [0.15, 0.2) is 24.8 Å². The number of hydrogen-bond acceptors (Lipinski definition) is 3. The fourth-order valence-corrected chi connectivity index (χ4v) is 1.52. The van der Waals surface area contributed by atoms with E-state index < -0.39 is 17.7 Å². The van der Waals surface area contributed by atoms with Gasteiger partial charge in [0.05, 0.1) is 0 Å². The summed E-state index contributed by atoms with van der Waals surface area (Å²) in [6.07, 6.45) is 0.0768. The molecule has 0 aliphatic heterocycles. The molecule has 0 bridgehead atoms. The number of carbonyl (C=O) groups is 2. The first-order valence-electron chi connectivity index (χ1n) is 4.18. The highest BCUT2D eigenvalue weighted by atomic mass is 16.3. The summed E-state index contributed by atoms with van der Waals surface area (Å²) < 4.78 is 0. The predicted molar refractivity (Wildman–Crippen MR) is 51.2 cm³/mol. The van der Waals surface area contributed by atoms with Gasteiger partial charge >= 0.3 is 0 Å². The van der Waals surface area contributed by atoms with Gasteiger partial charge < -0.3 is 5.11 Å². The molecule has 0 aromatic heterocycles. The lowest BCUT2D eigenvalue weighted by atomic mass is 10.1. The Morgan fingerprint density at radius 1 is 1.21 bits per heavy atom. The Bertz CT molecular complexity index is 446. The van der Waals surface area contributed by atoms with E-state index in [1.807, 2.05) is 0 Å². The number of aliphatic hydroxyl groups is 1. The first-order valence-corrected chi connectivity index (χ1v) is 4.18. The zero-order valence-corrected chi connectivity index (χ0v) is 7.36. The van der Waals surface area contributed by atoms with Crippen molar-refractivity contribution in [2.75, 3.05) is 0 Å². The third-order valence-electron chi connectivity index (χ3n) is 2.31. The molecule has 1 aromatic rings. The van der Waals surface area contributed by atoms with Gasteiger partial charge in [-0.3, -0.25) is 9.59 Å². The van der Waals surface area contributed by atoms with Crippen LogP contribution in [0.2, 0.25) is 0 Å². The Morgan fingerprint density at radius 3 is 2.50 bits per heavy atom. The van der Waals surface area contributed by atoms with E-state index in [0.29, 0.717) is 11.1 Å². The van der Waals surface area contributed by atoms with Crippen molar-refractivity contribution >= 4 is 17.6 Å². The van der Waals surface area contributed by atoms with Crippen LogP contribution in [0.4, 0.5) is 0 Å². The molecule has 3 heteroatoms. The van der Waals surface area contributed by atoms with Crippen LogP contribution in [0.5, 0.6) is 0 Å². The quantitative estimate of drug-likeness (QED) is 0.670. The number of aliphatic hydroxyl groups excluding tert-OH is 1. The molecule has 0 radical (unpaired) electrons.